The van der Waals surface area contributed by atoms with Crippen LogP contribution in [-0.4, -0.2) is 47.8 Å². The zero-order valence-corrected chi connectivity index (χ0v) is 9.24. The number of hydrogen-bond donors (Lipinski definition) is 2. The molecule has 0 aromatic heterocycles. The third kappa shape index (κ3) is 2.10. The molecule has 2 aliphatic rings. The number of piperidine rings is 1. The van der Waals surface area contributed by atoms with Gasteiger partial charge in [0.15, 0.2) is 0 Å². The Bertz CT molecular complexity index is 182. The van der Waals surface area contributed by atoms with Crippen LogP contribution in [-0.2, 0) is 0 Å². The zero-order valence-electron chi connectivity index (χ0n) is 9.24. The summed E-state index contributed by atoms with van der Waals surface area (Å²) in [5.41, 5.74) is 0. The Hall–Kier alpha value is -0.120. The van der Waals surface area contributed by atoms with Crippen molar-refractivity contribution in [2.75, 3.05) is 13.6 Å². The Labute approximate surface area is 86.5 Å². The third-order valence-corrected chi connectivity index (χ3v) is 3.80. The second-order valence-electron chi connectivity index (χ2n) is 4.98. The molecule has 2 N–H and O–H groups in total. The van der Waals surface area contributed by atoms with Gasteiger partial charge in [0, 0.05) is 24.7 Å². The largest absolute Gasteiger partial charge is 0.392 e. The Morgan fingerprint density at radius 1 is 1.36 bits per heavy atom. The van der Waals surface area contributed by atoms with E-state index in [9.17, 15) is 5.11 Å². The van der Waals surface area contributed by atoms with E-state index in [1.54, 1.807) is 0 Å². The van der Waals surface area contributed by atoms with Crippen molar-refractivity contribution in [1.82, 2.24) is 10.2 Å². The predicted molar refractivity (Wildman–Crippen MR) is 57.3 cm³/mol. The zero-order chi connectivity index (χ0) is 10.1. The maximum atomic E-state index is 9.21. The molecule has 3 heteroatoms. The van der Waals surface area contributed by atoms with Gasteiger partial charge in [0.1, 0.15) is 0 Å². The van der Waals surface area contributed by atoms with Crippen molar-refractivity contribution >= 4 is 0 Å². The van der Waals surface area contributed by atoms with Crippen molar-refractivity contribution in [3.8, 4) is 0 Å². The summed E-state index contributed by atoms with van der Waals surface area (Å²) in [4.78, 5) is 2.54. The summed E-state index contributed by atoms with van der Waals surface area (Å²) < 4.78 is 0. The Morgan fingerprint density at radius 3 is 2.43 bits per heavy atom. The molecule has 14 heavy (non-hydrogen) atoms. The summed E-state index contributed by atoms with van der Waals surface area (Å²) in [5, 5.41) is 12.7. The maximum absolute atomic E-state index is 9.21. The highest BCUT2D eigenvalue weighted by molar-refractivity contribution is 4.95. The molecular weight excluding hydrogens is 176 g/mol. The van der Waals surface area contributed by atoms with Gasteiger partial charge in [-0.3, -0.25) is 0 Å². The van der Waals surface area contributed by atoms with E-state index in [4.69, 9.17) is 0 Å². The number of fused-ring (bicyclic) bond motifs is 2. The normalized spacial score (nSPS) is 40.1. The van der Waals surface area contributed by atoms with Gasteiger partial charge >= 0.3 is 0 Å². The Balaban J connectivity index is 1.81. The van der Waals surface area contributed by atoms with Crippen LogP contribution >= 0.6 is 0 Å². The van der Waals surface area contributed by atoms with Gasteiger partial charge in [-0.05, 0) is 39.7 Å². The molecule has 2 saturated heterocycles. The molecular formula is C11H22N2O. The molecule has 2 rings (SSSR count). The number of aliphatic hydroxyl groups is 1. The summed E-state index contributed by atoms with van der Waals surface area (Å²) in [7, 11) is 2.26. The molecule has 2 bridgehead atoms. The van der Waals surface area contributed by atoms with E-state index >= 15 is 0 Å². The second-order valence-corrected chi connectivity index (χ2v) is 4.98. The molecule has 0 aromatic rings. The number of rotatable bonds is 3. The first kappa shape index (κ1) is 10.4. The average Bonchev–Trinajstić information content (AvgIpc) is 2.41. The molecule has 0 spiro atoms. The summed E-state index contributed by atoms with van der Waals surface area (Å²) >= 11 is 0. The summed E-state index contributed by atoms with van der Waals surface area (Å²) in [6.07, 6.45) is 5.05. The molecule has 0 saturated carbocycles. The molecule has 2 heterocycles. The van der Waals surface area contributed by atoms with Crippen LogP contribution in [0.3, 0.4) is 0 Å². The minimum absolute atomic E-state index is 0.215. The first-order valence-electron chi connectivity index (χ1n) is 5.80. The lowest BCUT2D eigenvalue weighted by Gasteiger charge is -2.36. The molecule has 82 valence electrons. The van der Waals surface area contributed by atoms with Crippen LogP contribution in [0.25, 0.3) is 0 Å². The van der Waals surface area contributed by atoms with E-state index in [1.807, 2.05) is 6.92 Å². The van der Waals surface area contributed by atoms with E-state index in [0.29, 0.717) is 6.04 Å². The fourth-order valence-electron chi connectivity index (χ4n) is 2.92. The Morgan fingerprint density at radius 2 is 1.93 bits per heavy atom. The molecule has 0 radical (unpaired) electrons. The highest BCUT2D eigenvalue weighted by Crippen LogP contribution is 2.33. The standard InChI is InChI=1S/C11H22N2O/c1-8(14)7-12-9-5-10-3-4-11(6-9)13(10)2/h8-12,14H,3-7H2,1-2H3/t8-,9?,10?,11?/m1/s1. The minimum Gasteiger partial charge on any atom is -0.392 e. The summed E-state index contributed by atoms with van der Waals surface area (Å²) in [6.45, 7) is 2.59. The lowest BCUT2D eigenvalue weighted by Crippen LogP contribution is -2.48. The molecule has 3 atom stereocenters. The average molecular weight is 198 g/mol. The lowest BCUT2D eigenvalue weighted by molar-refractivity contribution is 0.133. The molecule has 2 aliphatic heterocycles. The molecule has 2 fully saturated rings. The van der Waals surface area contributed by atoms with Crippen molar-refractivity contribution < 1.29 is 5.11 Å². The monoisotopic (exact) mass is 198 g/mol. The molecule has 0 amide bonds. The van der Waals surface area contributed by atoms with E-state index in [2.05, 4.69) is 17.3 Å². The summed E-state index contributed by atoms with van der Waals surface area (Å²) in [5.74, 6) is 0. The highest BCUT2D eigenvalue weighted by Gasteiger charge is 2.37. The van der Waals surface area contributed by atoms with E-state index < -0.39 is 0 Å². The van der Waals surface area contributed by atoms with Crippen molar-refractivity contribution in [3.63, 3.8) is 0 Å². The van der Waals surface area contributed by atoms with E-state index in [-0.39, 0.29) is 6.10 Å². The number of aliphatic hydroxyl groups excluding tert-OH is 1. The maximum Gasteiger partial charge on any atom is 0.0636 e. The quantitative estimate of drug-likeness (QED) is 0.696. The first-order chi connectivity index (χ1) is 6.66. The minimum atomic E-state index is -0.215. The topological polar surface area (TPSA) is 35.5 Å². The van der Waals surface area contributed by atoms with Crippen LogP contribution in [0.15, 0.2) is 0 Å². The van der Waals surface area contributed by atoms with Crippen molar-refractivity contribution in [3.05, 3.63) is 0 Å². The van der Waals surface area contributed by atoms with Crippen molar-refractivity contribution in [1.29, 1.82) is 0 Å². The predicted octanol–water partition coefficient (Wildman–Crippen LogP) is 0.582. The molecule has 0 aromatic carbocycles. The van der Waals surface area contributed by atoms with Gasteiger partial charge < -0.3 is 15.3 Å². The highest BCUT2D eigenvalue weighted by atomic mass is 16.3. The van der Waals surface area contributed by atoms with E-state index in [1.165, 1.54) is 25.7 Å². The number of hydrogen-bond acceptors (Lipinski definition) is 3. The van der Waals surface area contributed by atoms with Crippen LogP contribution in [0.4, 0.5) is 0 Å². The fourth-order valence-corrected chi connectivity index (χ4v) is 2.92. The van der Waals surface area contributed by atoms with Gasteiger partial charge in [-0.25, -0.2) is 0 Å². The summed E-state index contributed by atoms with van der Waals surface area (Å²) in [6, 6.07) is 2.22. The van der Waals surface area contributed by atoms with Crippen LogP contribution in [0.1, 0.15) is 32.6 Å². The third-order valence-electron chi connectivity index (χ3n) is 3.80. The second kappa shape index (κ2) is 4.17. The first-order valence-corrected chi connectivity index (χ1v) is 5.80. The van der Waals surface area contributed by atoms with Crippen LogP contribution < -0.4 is 5.32 Å². The fraction of sp³-hybridized carbons (Fsp3) is 1.00. The van der Waals surface area contributed by atoms with Crippen molar-refractivity contribution in [2.45, 2.75) is 56.8 Å². The number of nitrogens with zero attached hydrogens (tertiary/aromatic N) is 1. The molecule has 0 aliphatic carbocycles. The smallest absolute Gasteiger partial charge is 0.0636 e. The van der Waals surface area contributed by atoms with E-state index in [0.717, 1.165) is 18.6 Å². The van der Waals surface area contributed by atoms with Gasteiger partial charge in [0.25, 0.3) is 0 Å². The van der Waals surface area contributed by atoms with Gasteiger partial charge in [-0.1, -0.05) is 0 Å². The number of nitrogens with one attached hydrogen (secondary N) is 1. The lowest BCUT2D eigenvalue weighted by atomic mass is 9.98. The Kier molecular flexibility index (Phi) is 3.10. The van der Waals surface area contributed by atoms with Crippen LogP contribution in [0.5, 0.6) is 0 Å². The van der Waals surface area contributed by atoms with Gasteiger partial charge in [-0.15, -0.1) is 0 Å². The van der Waals surface area contributed by atoms with Crippen LogP contribution in [0, 0.1) is 0 Å². The molecule has 3 nitrogen and oxygen atoms in total. The van der Waals surface area contributed by atoms with Gasteiger partial charge in [-0.2, -0.15) is 0 Å². The van der Waals surface area contributed by atoms with Gasteiger partial charge in [0.2, 0.25) is 0 Å². The van der Waals surface area contributed by atoms with Gasteiger partial charge in [0.05, 0.1) is 6.10 Å². The SMILES string of the molecule is C[C@@H](O)CNC1CC2CCC(C1)N2C. The molecule has 2 unspecified atom stereocenters. The van der Waals surface area contributed by atoms with Crippen molar-refractivity contribution in [2.24, 2.45) is 0 Å². The van der Waals surface area contributed by atoms with Crippen LogP contribution in [0.2, 0.25) is 0 Å².